The van der Waals surface area contributed by atoms with Gasteiger partial charge in [-0.15, -0.1) is 0 Å². The maximum atomic E-state index is 12.2. The Morgan fingerprint density at radius 2 is 2.17 bits per heavy atom. The third kappa shape index (κ3) is 2.83. The van der Waals surface area contributed by atoms with Crippen LogP contribution in [0.5, 0.6) is 0 Å². The molecule has 0 radical (unpaired) electrons. The summed E-state index contributed by atoms with van der Waals surface area (Å²) < 4.78 is 0. The first-order chi connectivity index (χ1) is 8.59. The second-order valence-corrected chi connectivity index (χ2v) is 5.37. The van der Waals surface area contributed by atoms with E-state index >= 15 is 0 Å². The first kappa shape index (κ1) is 13.3. The molecule has 1 aliphatic carbocycles. The summed E-state index contributed by atoms with van der Waals surface area (Å²) in [5.74, 6) is -0.00877. The van der Waals surface area contributed by atoms with Crippen molar-refractivity contribution >= 4 is 11.8 Å². The number of aliphatic hydroxyl groups excluding tert-OH is 1. The van der Waals surface area contributed by atoms with Gasteiger partial charge in [-0.05, 0) is 25.7 Å². The number of aliphatic hydroxyl groups is 1. The Bertz CT molecular complexity index is 332. The van der Waals surface area contributed by atoms with Gasteiger partial charge in [-0.25, -0.2) is 0 Å². The first-order valence-corrected chi connectivity index (χ1v) is 6.85. The summed E-state index contributed by atoms with van der Waals surface area (Å²) >= 11 is 0. The minimum atomic E-state index is -0.382. The monoisotopic (exact) mass is 254 g/mol. The SMILES string of the molecule is CC1C(=O)NCCN1C(=O)C[C@@H]1CCCC[C@H]1O. The van der Waals surface area contributed by atoms with Crippen molar-refractivity contribution in [1.82, 2.24) is 10.2 Å². The van der Waals surface area contributed by atoms with Gasteiger partial charge in [0.2, 0.25) is 11.8 Å². The van der Waals surface area contributed by atoms with Crippen LogP contribution >= 0.6 is 0 Å². The van der Waals surface area contributed by atoms with Crippen LogP contribution in [0.4, 0.5) is 0 Å². The highest BCUT2D eigenvalue weighted by atomic mass is 16.3. The minimum Gasteiger partial charge on any atom is -0.393 e. The van der Waals surface area contributed by atoms with Crippen LogP contribution in [0, 0.1) is 5.92 Å². The van der Waals surface area contributed by atoms with Crippen molar-refractivity contribution in [2.75, 3.05) is 13.1 Å². The van der Waals surface area contributed by atoms with Gasteiger partial charge in [-0.1, -0.05) is 12.8 Å². The molecule has 1 aliphatic heterocycles. The molecule has 18 heavy (non-hydrogen) atoms. The van der Waals surface area contributed by atoms with Gasteiger partial charge < -0.3 is 15.3 Å². The lowest BCUT2D eigenvalue weighted by Gasteiger charge is -2.35. The number of carbonyl (C=O) groups excluding carboxylic acids is 2. The predicted molar refractivity (Wildman–Crippen MR) is 66.8 cm³/mol. The van der Waals surface area contributed by atoms with Crippen molar-refractivity contribution in [3.63, 3.8) is 0 Å². The molecule has 2 N–H and O–H groups in total. The number of rotatable bonds is 2. The van der Waals surface area contributed by atoms with Gasteiger partial charge in [0.1, 0.15) is 6.04 Å². The molecule has 0 aromatic carbocycles. The largest absolute Gasteiger partial charge is 0.393 e. The highest BCUT2D eigenvalue weighted by Gasteiger charge is 2.32. The third-order valence-electron chi connectivity index (χ3n) is 4.13. The molecule has 5 nitrogen and oxygen atoms in total. The van der Waals surface area contributed by atoms with E-state index in [4.69, 9.17) is 0 Å². The van der Waals surface area contributed by atoms with Gasteiger partial charge in [-0.3, -0.25) is 9.59 Å². The number of carbonyl (C=O) groups is 2. The summed E-state index contributed by atoms with van der Waals surface area (Å²) in [5.41, 5.74) is 0. The summed E-state index contributed by atoms with van der Waals surface area (Å²) in [7, 11) is 0. The fourth-order valence-corrected chi connectivity index (χ4v) is 2.89. The molecule has 0 spiro atoms. The standard InChI is InChI=1S/C13H22N2O3/c1-9-13(18)14-6-7-15(9)12(17)8-10-4-2-3-5-11(10)16/h9-11,16H,2-8H2,1H3,(H,14,18)/t9?,10-,11+/m0/s1. The predicted octanol–water partition coefficient (Wildman–Crippen LogP) is 0.274. The molecule has 2 rings (SSSR count). The van der Waals surface area contributed by atoms with Gasteiger partial charge in [0.15, 0.2) is 0 Å². The van der Waals surface area contributed by atoms with Crippen molar-refractivity contribution in [3.05, 3.63) is 0 Å². The van der Waals surface area contributed by atoms with Gasteiger partial charge in [0.25, 0.3) is 0 Å². The van der Waals surface area contributed by atoms with E-state index in [2.05, 4.69) is 5.32 Å². The molecule has 0 bridgehead atoms. The lowest BCUT2D eigenvalue weighted by Crippen LogP contribution is -2.56. The number of hydrogen-bond donors (Lipinski definition) is 2. The molecule has 5 heteroatoms. The Hall–Kier alpha value is -1.10. The smallest absolute Gasteiger partial charge is 0.242 e. The lowest BCUT2D eigenvalue weighted by molar-refractivity contribution is -0.144. The number of nitrogens with zero attached hydrogens (tertiary/aromatic N) is 1. The average molecular weight is 254 g/mol. The van der Waals surface area contributed by atoms with Crippen LogP contribution in [0.25, 0.3) is 0 Å². The molecule has 0 aromatic rings. The molecule has 2 fully saturated rings. The fraction of sp³-hybridized carbons (Fsp3) is 0.846. The molecule has 2 aliphatic rings. The Morgan fingerprint density at radius 3 is 2.89 bits per heavy atom. The third-order valence-corrected chi connectivity index (χ3v) is 4.13. The molecule has 1 saturated heterocycles. The maximum Gasteiger partial charge on any atom is 0.242 e. The zero-order valence-corrected chi connectivity index (χ0v) is 10.9. The minimum absolute atomic E-state index is 0.00306. The van der Waals surface area contributed by atoms with Crippen molar-refractivity contribution in [3.8, 4) is 0 Å². The summed E-state index contributed by atoms with van der Waals surface area (Å²) in [6.45, 7) is 2.86. The Balaban J connectivity index is 1.92. The quantitative estimate of drug-likeness (QED) is 0.743. The molecular formula is C13H22N2O3. The molecule has 1 saturated carbocycles. The summed E-state index contributed by atoms with van der Waals surface area (Å²) in [4.78, 5) is 25.4. The van der Waals surface area contributed by atoms with Crippen LogP contribution in [-0.4, -0.2) is 47.1 Å². The molecule has 1 unspecified atom stereocenters. The van der Waals surface area contributed by atoms with Gasteiger partial charge in [-0.2, -0.15) is 0 Å². The topological polar surface area (TPSA) is 69.6 Å². The van der Waals surface area contributed by atoms with Crippen LogP contribution in [0.15, 0.2) is 0 Å². The second-order valence-electron chi connectivity index (χ2n) is 5.37. The summed E-state index contributed by atoms with van der Waals surface area (Å²) in [5, 5.41) is 12.6. The van der Waals surface area contributed by atoms with E-state index in [0.29, 0.717) is 19.5 Å². The number of piperazine rings is 1. The lowest BCUT2D eigenvalue weighted by atomic mass is 9.84. The Labute approximate surface area is 108 Å². The second kappa shape index (κ2) is 5.69. The van der Waals surface area contributed by atoms with E-state index < -0.39 is 0 Å². The fourth-order valence-electron chi connectivity index (χ4n) is 2.89. The van der Waals surface area contributed by atoms with Gasteiger partial charge in [0.05, 0.1) is 6.10 Å². The van der Waals surface area contributed by atoms with Crippen LogP contribution in [0.2, 0.25) is 0 Å². The van der Waals surface area contributed by atoms with Gasteiger partial charge in [0, 0.05) is 19.5 Å². The zero-order chi connectivity index (χ0) is 13.1. The van der Waals surface area contributed by atoms with E-state index in [9.17, 15) is 14.7 Å². The highest BCUT2D eigenvalue weighted by molar-refractivity contribution is 5.88. The van der Waals surface area contributed by atoms with Crippen LogP contribution < -0.4 is 5.32 Å². The number of amides is 2. The normalized spacial score (nSPS) is 33.1. The zero-order valence-electron chi connectivity index (χ0n) is 10.9. The molecular weight excluding hydrogens is 232 g/mol. The molecule has 0 aromatic heterocycles. The maximum absolute atomic E-state index is 12.2. The van der Waals surface area contributed by atoms with Crippen LogP contribution in [0.1, 0.15) is 39.0 Å². The Morgan fingerprint density at radius 1 is 1.44 bits per heavy atom. The molecule has 2 amide bonds. The first-order valence-electron chi connectivity index (χ1n) is 6.85. The average Bonchev–Trinajstić information content (AvgIpc) is 2.35. The van der Waals surface area contributed by atoms with E-state index in [1.807, 2.05) is 0 Å². The van der Waals surface area contributed by atoms with E-state index in [-0.39, 0.29) is 29.9 Å². The summed E-state index contributed by atoms with van der Waals surface area (Å²) in [6, 6.07) is -0.382. The van der Waals surface area contributed by atoms with Crippen LogP contribution in [0.3, 0.4) is 0 Å². The van der Waals surface area contributed by atoms with Crippen LogP contribution in [-0.2, 0) is 9.59 Å². The van der Waals surface area contributed by atoms with E-state index in [1.165, 1.54) is 0 Å². The Kier molecular flexibility index (Phi) is 4.22. The molecule has 3 atom stereocenters. The molecule has 1 heterocycles. The van der Waals surface area contributed by atoms with E-state index in [0.717, 1.165) is 25.7 Å². The van der Waals surface area contributed by atoms with Crippen molar-refractivity contribution < 1.29 is 14.7 Å². The highest BCUT2D eigenvalue weighted by Crippen LogP contribution is 2.27. The van der Waals surface area contributed by atoms with Crippen molar-refractivity contribution in [2.45, 2.75) is 51.2 Å². The number of nitrogens with one attached hydrogen (secondary N) is 1. The number of hydrogen-bond acceptors (Lipinski definition) is 3. The van der Waals surface area contributed by atoms with E-state index in [1.54, 1.807) is 11.8 Å². The van der Waals surface area contributed by atoms with Crippen molar-refractivity contribution in [2.24, 2.45) is 5.92 Å². The van der Waals surface area contributed by atoms with Gasteiger partial charge >= 0.3 is 0 Å². The summed E-state index contributed by atoms with van der Waals surface area (Å²) in [6.07, 6.45) is 3.88. The van der Waals surface area contributed by atoms with Crippen molar-refractivity contribution in [1.29, 1.82) is 0 Å². The molecule has 102 valence electrons.